The predicted octanol–water partition coefficient (Wildman–Crippen LogP) is 3.07. The first-order chi connectivity index (χ1) is 8.74. The van der Waals surface area contributed by atoms with Crippen LogP contribution in [-0.4, -0.2) is 32.1 Å². The summed E-state index contributed by atoms with van der Waals surface area (Å²) in [7, 11) is 0. The van der Waals surface area contributed by atoms with E-state index in [1.807, 2.05) is 6.92 Å². The molecular weight excluding hydrogens is 256 g/mol. The average molecular weight is 275 g/mol. The fourth-order valence-corrected chi connectivity index (χ4v) is 2.26. The van der Waals surface area contributed by atoms with E-state index in [-0.39, 0.29) is 5.82 Å². The Kier molecular flexibility index (Phi) is 7.96. The highest BCUT2D eigenvalue weighted by molar-refractivity contribution is 7.99. The Morgan fingerprint density at radius 2 is 2.11 bits per heavy atom. The zero-order chi connectivity index (χ0) is 13.2. The first-order valence-corrected chi connectivity index (χ1v) is 7.09. The van der Waals surface area contributed by atoms with E-state index in [1.54, 1.807) is 0 Å². The van der Waals surface area contributed by atoms with Crippen molar-refractivity contribution < 1.29 is 13.5 Å². The zero-order valence-corrected chi connectivity index (χ0v) is 11.4. The van der Waals surface area contributed by atoms with E-state index in [2.05, 4.69) is 5.32 Å². The molecule has 0 heterocycles. The molecule has 0 atom stereocenters. The van der Waals surface area contributed by atoms with Crippen LogP contribution in [0.15, 0.2) is 23.1 Å². The van der Waals surface area contributed by atoms with Gasteiger partial charge in [0.1, 0.15) is 11.6 Å². The van der Waals surface area contributed by atoms with Crippen LogP contribution in [0.3, 0.4) is 0 Å². The number of benzene rings is 1. The largest absolute Gasteiger partial charge is 0.382 e. The molecule has 1 aromatic carbocycles. The number of thioether (sulfide) groups is 1. The Hall–Kier alpha value is -0.650. The molecule has 0 radical (unpaired) electrons. The van der Waals surface area contributed by atoms with Crippen LogP contribution < -0.4 is 5.32 Å². The van der Waals surface area contributed by atoms with Crippen molar-refractivity contribution in [1.29, 1.82) is 0 Å². The van der Waals surface area contributed by atoms with Crippen LogP contribution in [0, 0.1) is 11.6 Å². The summed E-state index contributed by atoms with van der Waals surface area (Å²) in [6, 6.07) is 3.52. The zero-order valence-electron chi connectivity index (χ0n) is 10.5. The second-order valence-electron chi connectivity index (χ2n) is 3.72. The summed E-state index contributed by atoms with van der Waals surface area (Å²) in [6.07, 6.45) is 0.965. The number of nitrogens with one attached hydrogen (secondary N) is 1. The number of ether oxygens (including phenoxy) is 1. The fourth-order valence-electron chi connectivity index (χ4n) is 1.39. The van der Waals surface area contributed by atoms with E-state index >= 15 is 0 Å². The van der Waals surface area contributed by atoms with Crippen molar-refractivity contribution in [1.82, 2.24) is 5.32 Å². The number of hydrogen-bond acceptors (Lipinski definition) is 3. The third-order valence-corrected chi connectivity index (χ3v) is 3.31. The van der Waals surface area contributed by atoms with Gasteiger partial charge < -0.3 is 10.1 Å². The second-order valence-corrected chi connectivity index (χ2v) is 4.86. The lowest BCUT2D eigenvalue weighted by Gasteiger charge is -2.06. The van der Waals surface area contributed by atoms with Crippen LogP contribution in [0.25, 0.3) is 0 Å². The lowest BCUT2D eigenvalue weighted by Crippen LogP contribution is -2.19. The molecule has 0 saturated carbocycles. The van der Waals surface area contributed by atoms with Crippen molar-refractivity contribution in [2.75, 3.05) is 32.1 Å². The van der Waals surface area contributed by atoms with Crippen LogP contribution in [0.1, 0.15) is 13.3 Å². The fraction of sp³-hybridized carbons (Fsp3) is 0.538. The summed E-state index contributed by atoms with van der Waals surface area (Å²) in [4.78, 5) is 0.367. The Morgan fingerprint density at radius 1 is 1.28 bits per heavy atom. The van der Waals surface area contributed by atoms with Crippen LogP contribution in [0.4, 0.5) is 8.78 Å². The highest BCUT2D eigenvalue weighted by atomic mass is 32.2. The van der Waals surface area contributed by atoms with Crippen LogP contribution in [0.5, 0.6) is 0 Å². The minimum Gasteiger partial charge on any atom is -0.382 e. The molecule has 1 N–H and O–H groups in total. The second kappa shape index (κ2) is 9.30. The normalized spacial score (nSPS) is 10.8. The quantitative estimate of drug-likeness (QED) is 0.553. The maximum absolute atomic E-state index is 13.3. The molecule has 0 aliphatic carbocycles. The Morgan fingerprint density at radius 3 is 2.89 bits per heavy atom. The van der Waals surface area contributed by atoms with Crippen molar-refractivity contribution in [3.63, 3.8) is 0 Å². The molecule has 0 aliphatic heterocycles. The monoisotopic (exact) mass is 275 g/mol. The molecule has 102 valence electrons. The highest BCUT2D eigenvalue weighted by Gasteiger charge is 2.03. The molecule has 5 heteroatoms. The maximum Gasteiger partial charge on any atom is 0.136 e. The predicted molar refractivity (Wildman–Crippen MR) is 71.1 cm³/mol. The lowest BCUT2D eigenvalue weighted by atomic mass is 10.3. The summed E-state index contributed by atoms with van der Waals surface area (Å²) in [5.41, 5.74) is 0. The Bertz CT molecular complexity index is 350. The van der Waals surface area contributed by atoms with Gasteiger partial charge in [-0.15, -0.1) is 11.8 Å². The smallest absolute Gasteiger partial charge is 0.136 e. The molecule has 18 heavy (non-hydrogen) atoms. The minimum absolute atomic E-state index is 0.363. The summed E-state index contributed by atoms with van der Waals surface area (Å²) in [5, 5.41) is 3.23. The summed E-state index contributed by atoms with van der Waals surface area (Å²) >= 11 is 1.32. The van der Waals surface area contributed by atoms with Gasteiger partial charge in [0.05, 0.1) is 0 Å². The van der Waals surface area contributed by atoms with Crippen molar-refractivity contribution >= 4 is 11.8 Å². The van der Waals surface area contributed by atoms with Crippen molar-refractivity contribution in [2.24, 2.45) is 0 Å². The van der Waals surface area contributed by atoms with E-state index in [0.717, 1.165) is 50.6 Å². The first kappa shape index (κ1) is 15.4. The molecule has 2 nitrogen and oxygen atoms in total. The Labute approximate surface area is 111 Å². The molecule has 0 amide bonds. The van der Waals surface area contributed by atoms with Crippen LogP contribution in [0.2, 0.25) is 0 Å². The number of halogens is 2. The highest BCUT2D eigenvalue weighted by Crippen LogP contribution is 2.21. The van der Waals surface area contributed by atoms with Crippen LogP contribution >= 0.6 is 11.8 Å². The SMILES string of the molecule is CCOCCCNCCSc1cc(F)ccc1F. The first-order valence-electron chi connectivity index (χ1n) is 6.10. The standard InChI is InChI=1S/C13H19F2NOS/c1-2-17-8-3-6-16-7-9-18-13-10-11(14)4-5-12(13)15/h4-5,10,16H,2-3,6-9H2,1H3. The van der Waals surface area contributed by atoms with Gasteiger partial charge in [0, 0.05) is 30.4 Å². The molecule has 0 aliphatic rings. The molecule has 1 rings (SSSR count). The van der Waals surface area contributed by atoms with E-state index in [4.69, 9.17) is 4.74 Å². The molecule has 0 saturated heterocycles. The van der Waals surface area contributed by atoms with Crippen LogP contribution in [-0.2, 0) is 4.74 Å². The topological polar surface area (TPSA) is 21.3 Å². The van der Waals surface area contributed by atoms with Gasteiger partial charge in [-0.3, -0.25) is 0 Å². The van der Waals surface area contributed by atoms with Crippen molar-refractivity contribution in [3.8, 4) is 0 Å². The third-order valence-electron chi connectivity index (χ3n) is 2.28. The van der Waals surface area contributed by atoms with Gasteiger partial charge in [-0.2, -0.15) is 0 Å². The van der Waals surface area contributed by atoms with Gasteiger partial charge in [-0.25, -0.2) is 8.78 Å². The Balaban J connectivity index is 2.09. The van der Waals surface area contributed by atoms with Gasteiger partial charge in [-0.05, 0) is 38.1 Å². The lowest BCUT2D eigenvalue weighted by molar-refractivity contribution is 0.145. The van der Waals surface area contributed by atoms with Crippen molar-refractivity contribution in [2.45, 2.75) is 18.2 Å². The summed E-state index contributed by atoms with van der Waals surface area (Å²) in [5.74, 6) is -0.0454. The molecule has 0 unspecified atom stereocenters. The number of rotatable bonds is 9. The molecule has 0 spiro atoms. The van der Waals surface area contributed by atoms with Gasteiger partial charge in [0.25, 0.3) is 0 Å². The van der Waals surface area contributed by atoms with Gasteiger partial charge in [0.15, 0.2) is 0 Å². The minimum atomic E-state index is -0.399. The summed E-state index contributed by atoms with van der Waals surface area (Å²) < 4.78 is 31.3. The molecule has 0 aromatic heterocycles. The van der Waals surface area contributed by atoms with Gasteiger partial charge in [0.2, 0.25) is 0 Å². The average Bonchev–Trinajstić information content (AvgIpc) is 2.36. The van der Waals surface area contributed by atoms with Crippen molar-refractivity contribution in [3.05, 3.63) is 29.8 Å². The van der Waals surface area contributed by atoms with Gasteiger partial charge in [-0.1, -0.05) is 0 Å². The molecule has 0 bridgehead atoms. The number of hydrogen-bond donors (Lipinski definition) is 1. The van der Waals surface area contributed by atoms with Gasteiger partial charge >= 0.3 is 0 Å². The summed E-state index contributed by atoms with van der Waals surface area (Å²) in [6.45, 7) is 5.13. The third kappa shape index (κ3) is 6.33. The van der Waals surface area contributed by atoms with E-state index in [0.29, 0.717) is 4.90 Å². The maximum atomic E-state index is 13.3. The van der Waals surface area contributed by atoms with E-state index < -0.39 is 5.82 Å². The molecular formula is C13H19F2NOS. The van der Waals surface area contributed by atoms with E-state index in [1.165, 1.54) is 17.8 Å². The molecule has 1 aromatic rings. The molecule has 0 fully saturated rings. The van der Waals surface area contributed by atoms with E-state index in [9.17, 15) is 8.78 Å².